The maximum absolute atomic E-state index is 11.8. The first-order valence-corrected chi connectivity index (χ1v) is 7.89. The summed E-state index contributed by atoms with van der Waals surface area (Å²) in [5.74, 6) is -0.0301. The second-order valence-corrected chi connectivity index (χ2v) is 5.81. The number of rotatable bonds is 7. The quantitative estimate of drug-likeness (QED) is 0.745. The van der Waals surface area contributed by atoms with Crippen LogP contribution in [-0.2, 0) is 11.2 Å². The number of nitrogens with one attached hydrogen (secondary N) is 2. The zero-order chi connectivity index (χ0) is 15.8. The van der Waals surface area contributed by atoms with Crippen molar-refractivity contribution in [1.29, 1.82) is 0 Å². The van der Waals surface area contributed by atoms with Crippen molar-refractivity contribution in [3.63, 3.8) is 0 Å². The van der Waals surface area contributed by atoms with E-state index in [0.717, 1.165) is 23.7 Å². The summed E-state index contributed by atoms with van der Waals surface area (Å²) in [7, 11) is 0. The van der Waals surface area contributed by atoms with E-state index in [4.69, 9.17) is 23.2 Å². The van der Waals surface area contributed by atoms with E-state index < -0.39 is 0 Å². The molecule has 0 bridgehead atoms. The van der Waals surface area contributed by atoms with Gasteiger partial charge in [-0.1, -0.05) is 41.4 Å². The first-order chi connectivity index (χ1) is 10.6. The molecule has 0 aromatic heterocycles. The normalized spacial score (nSPS) is 10.5. The van der Waals surface area contributed by atoms with Crippen LogP contribution in [0.5, 0.6) is 0 Å². The first-order valence-electron chi connectivity index (χ1n) is 7.14. The lowest BCUT2D eigenvalue weighted by molar-refractivity contribution is -0.116. The van der Waals surface area contributed by atoms with Crippen LogP contribution in [-0.4, -0.2) is 19.0 Å². The fraction of sp³-hybridized carbons (Fsp3) is 0.235. The molecule has 0 saturated heterocycles. The van der Waals surface area contributed by atoms with Crippen LogP contribution in [0, 0.1) is 0 Å². The van der Waals surface area contributed by atoms with E-state index in [2.05, 4.69) is 10.6 Å². The summed E-state index contributed by atoms with van der Waals surface area (Å²) < 4.78 is 0. The molecule has 2 rings (SSSR count). The van der Waals surface area contributed by atoms with E-state index in [-0.39, 0.29) is 5.91 Å². The summed E-state index contributed by atoms with van der Waals surface area (Å²) in [5.41, 5.74) is 1.90. The van der Waals surface area contributed by atoms with Gasteiger partial charge in [-0.25, -0.2) is 0 Å². The Morgan fingerprint density at radius 1 is 0.955 bits per heavy atom. The van der Waals surface area contributed by atoms with Crippen LogP contribution in [0.15, 0.2) is 48.5 Å². The lowest BCUT2D eigenvalue weighted by Gasteiger charge is -2.07. The number of carbonyl (C=O) groups is 1. The van der Waals surface area contributed by atoms with Gasteiger partial charge >= 0.3 is 0 Å². The van der Waals surface area contributed by atoms with Crippen molar-refractivity contribution in [2.24, 2.45) is 0 Å². The number of carbonyl (C=O) groups excluding carboxylic acids is 1. The molecule has 2 aromatic carbocycles. The first kappa shape index (κ1) is 16.8. The molecule has 116 valence electrons. The van der Waals surface area contributed by atoms with Gasteiger partial charge in [-0.15, -0.1) is 0 Å². The molecule has 3 nitrogen and oxygen atoms in total. The number of hydrogen-bond acceptors (Lipinski definition) is 2. The average molecular weight is 337 g/mol. The van der Waals surface area contributed by atoms with Crippen LogP contribution < -0.4 is 10.6 Å². The lowest BCUT2D eigenvalue weighted by Crippen LogP contribution is -2.23. The predicted octanol–water partition coefficient (Wildman–Crippen LogP) is 4.15. The van der Waals surface area contributed by atoms with Crippen molar-refractivity contribution >= 4 is 34.8 Å². The van der Waals surface area contributed by atoms with Gasteiger partial charge in [-0.3, -0.25) is 4.79 Å². The zero-order valence-corrected chi connectivity index (χ0v) is 13.6. The maximum Gasteiger partial charge on any atom is 0.225 e. The monoisotopic (exact) mass is 336 g/mol. The molecule has 0 radical (unpaired) electrons. The molecule has 2 aromatic rings. The molecule has 0 fully saturated rings. The number of anilines is 1. The van der Waals surface area contributed by atoms with Gasteiger partial charge in [0, 0.05) is 28.7 Å². The van der Waals surface area contributed by atoms with Crippen LogP contribution in [0.25, 0.3) is 0 Å². The summed E-state index contributed by atoms with van der Waals surface area (Å²) in [4.78, 5) is 11.8. The molecule has 0 spiro atoms. The third-order valence-electron chi connectivity index (χ3n) is 3.12. The summed E-state index contributed by atoms with van der Waals surface area (Å²) >= 11 is 11.8. The smallest absolute Gasteiger partial charge is 0.225 e. The van der Waals surface area contributed by atoms with Gasteiger partial charge in [0.1, 0.15) is 0 Å². The Hall–Kier alpha value is -1.55. The summed E-state index contributed by atoms with van der Waals surface area (Å²) in [6.07, 6.45) is 1.30. The standard InChI is InChI=1S/C17H18Cl2N2O/c18-14-4-1-3-13(11-14)7-9-20-10-8-17(22)21-16-6-2-5-15(19)12-16/h1-6,11-12,20H,7-10H2,(H,21,22). The highest BCUT2D eigenvalue weighted by Crippen LogP contribution is 2.15. The van der Waals surface area contributed by atoms with Crippen molar-refractivity contribution in [3.05, 3.63) is 64.1 Å². The van der Waals surface area contributed by atoms with Crippen LogP contribution in [0.1, 0.15) is 12.0 Å². The molecule has 0 saturated carbocycles. The van der Waals surface area contributed by atoms with Gasteiger partial charge in [0.05, 0.1) is 0 Å². The molecule has 0 aliphatic heterocycles. The van der Waals surface area contributed by atoms with Gasteiger partial charge in [0.25, 0.3) is 0 Å². The predicted molar refractivity (Wildman–Crippen MR) is 92.7 cm³/mol. The third kappa shape index (κ3) is 6.06. The Bertz CT molecular complexity index is 632. The maximum atomic E-state index is 11.8. The van der Waals surface area contributed by atoms with E-state index >= 15 is 0 Å². The second kappa shape index (κ2) is 8.79. The fourth-order valence-corrected chi connectivity index (χ4v) is 2.45. The summed E-state index contributed by atoms with van der Waals surface area (Å²) in [6, 6.07) is 14.9. The van der Waals surface area contributed by atoms with Crippen molar-refractivity contribution in [2.45, 2.75) is 12.8 Å². The Kier molecular flexibility index (Phi) is 6.72. The molecule has 0 heterocycles. The van der Waals surface area contributed by atoms with Crippen LogP contribution in [0.3, 0.4) is 0 Å². The molecule has 0 aliphatic carbocycles. The highest BCUT2D eigenvalue weighted by molar-refractivity contribution is 6.31. The fourth-order valence-electron chi connectivity index (χ4n) is 2.04. The molecule has 5 heteroatoms. The summed E-state index contributed by atoms with van der Waals surface area (Å²) in [5, 5.41) is 7.43. The molecule has 0 unspecified atom stereocenters. The van der Waals surface area contributed by atoms with Crippen molar-refractivity contribution in [2.75, 3.05) is 18.4 Å². The van der Waals surface area contributed by atoms with Crippen LogP contribution in [0.2, 0.25) is 10.0 Å². The highest BCUT2D eigenvalue weighted by Gasteiger charge is 2.02. The lowest BCUT2D eigenvalue weighted by atomic mass is 10.1. The Balaban J connectivity index is 1.63. The SMILES string of the molecule is O=C(CCNCCc1cccc(Cl)c1)Nc1cccc(Cl)c1. The van der Waals surface area contributed by atoms with E-state index in [1.807, 2.05) is 30.3 Å². The largest absolute Gasteiger partial charge is 0.326 e. The topological polar surface area (TPSA) is 41.1 Å². The molecule has 2 N–H and O–H groups in total. The molecule has 0 aliphatic rings. The molecular formula is C17H18Cl2N2O. The van der Waals surface area contributed by atoms with Gasteiger partial charge in [0.15, 0.2) is 0 Å². The van der Waals surface area contributed by atoms with Gasteiger partial charge in [-0.05, 0) is 48.9 Å². The van der Waals surface area contributed by atoms with Gasteiger partial charge in [0.2, 0.25) is 5.91 Å². The number of amides is 1. The van der Waals surface area contributed by atoms with E-state index in [1.165, 1.54) is 5.56 Å². The van der Waals surface area contributed by atoms with Gasteiger partial charge in [-0.2, -0.15) is 0 Å². The number of benzene rings is 2. The highest BCUT2D eigenvalue weighted by atomic mass is 35.5. The van der Waals surface area contributed by atoms with E-state index in [0.29, 0.717) is 18.0 Å². The van der Waals surface area contributed by atoms with Crippen molar-refractivity contribution in [1.82, 2.24) is 5.32 Å². The van der Waals surface area contributed by atoms with Crippen molar-refractivity contribution < 1.29 is 4.79 Å². The molecular weight excluding hydrogens is 319 g/mol. The number of hydrogen-bond donors (Lipinski definition) is 2. The Morgan fingerprint density at radius 3 is 2.41 bits per heavy atom. The summed E-state index contributed by atoms with van der Waals surface area (Å²) in [6.45, 7) is 1.44. The second-order valence-electron chi connectivity index (χ2n) is 4.94. The van der Waals surface area contributed by atoms with E-state index in [9.17, 15) is 4.79 Å². The Morgan fingerprint density at radius 2 is 1.68 bits per heavy atom. The van der Waals surface area contributed by atoms with E-state index in [1.54, 1.807) is 18.2 Å². The van der Waals surface area contributed by atoms with Crippen LogP contribution >= 0.6 is 23.2 Å². The zero-order valence-electron chi connectivity index (χ0n) is 12.1. The minimum atomic E-state index is -0.0301. The van der Waals surface area contributed by atoms with Gasteiger partial charge < -0.3 is 10.6 Å². The molecule has 1 amide bonds. The molecule has 22 heavy (non-hydrogen) atoms. The Labute approximate surface area is 140 Å². The average Bonchev–Trinajstić information content (AvgIpc) is 2.47. The van der Waals surface area contributed by atoms with Crippen LogP contribution in [0.4, 0.5) is 5.69 Å². The molecule has 0 atom stereocenters. The van der Waals surface area contributed by atoms with Crippen molar-refractivity contribution in [3.8, 4) is 0 Å². The minimum Gasteiger partial charge on any atom is -0.326 e. The third-order valence-corrected chi connectivity index (χ3v) is 3.59. The minimum absolute atomic E-state index is 0.0301. The number of halogens is 2.